The summed E-state index contributed by atoms with van der Waals surface area (Å²) in [5.74, 6) is 5.08. The number of aryl methyl sites for hydroxylation is 2. The molecular formula is C81H79CuN9O6. The van der Waals surface area contributed by atoms with E-state index in [-0.39, 0.29) is 17.1 Å². The molecule has 0 fully saturated rings. The molecule has 2 aliphatic heterocycles. The number of unbranched alkanes of at least 4 members (excludes halogenated alkanes) is 6. The maximum Gasteiger partial charge on any atom is 2.00 e. The minimum atomic E-state index is 0. The second-order valence-electron chi connectivity index (χ2n) is 25.4. The van der Waals surface area contributed by atoms with Crippen molar-refractivity contribution < 1.29 is 45.5 Å². The van der Waals surface area contributed by atoms with Crippen LogP contribution in [-0.4, -0.2) is 74.5 Å². The summed E-state index contributed by atoms with van der Waals surface area (Å²) in [4.78, 5) is 50.9. The Kier molecular flexibility index (Phi) is 18.6. The van der Waals surface area contributed by atoms with E-state index < -0.39 is 0 Å². The molecule has 0 unspecified atom stereocenters. The monoisotopic (exact) mass is 1340 g/mol. The number of ether oxygens (including phenoxy) is 6. The molecular weight excluding hydrogens is 1260 g/mol. The molecule has 0 spiro atoms. The fourth-order valence-corrected chi connectivity index (χ4v) is 13.8. The van der Waals surface area contributed by atoms with Gasteiger partial charge in [-0.05, 0) is 127 Å². The zero-order valence-corrected chi connectivity index (χ0v) is 57.4. The third-order valence-electron chi connectivity index (χ3n) is 18.8. The van der Waals surface area contributed by atoms with E-state index in [0.29, 0.717) is 158 Å². The average molecular weight is 1340 g/mol. The van der Waals surface area contributed by atoms with Gasteiger partial charge in [0.2, 0.25) is 0 Å². The van der Waals surface area contributed by atoms with Gasteiger partial charge in [0.1, 0.15) is 34.5 Å². The van der Waals surface area contributed by atoms with Crippen molar-refractivity contribution in [3.8, 4) is 80.0 Å². The fourth-order valence-electron chi connectivity index (χ4n) is 13.8. The topological polar surface area (TPSA) is 174 Å². The standard InChI is InChI=1S/C81H79N9O6.Cu/c1-9-15-36-91-68-52-32-25-26-33-53(52)69(92-37-16-10-2)64-63(68)78-84-74-59-46(7)55-42-48-28-21-22-29-49(48)43-56(55)71(94-39-18-12-4)61(59)76(83-74)87-80-65-66(73(96-41-20-14-6)58-45-51-31-24-23-30-50(51)44-57(58)72(65)95-40-19-13-5)81(90-80)88-77-62-60(75(85-77)86-79(64)89-78)47(8)67-54(34-27-35-82-67)70(62)93-38-17-11-3;/h21-35,42-45H,9-20,36-41H2,1-8H3;/q-2;+2. The van der Waals surface area contributed by atoms with Crippen molar-refractivity contribution in [1.82, 2.24) is 44.9 Å². The molecule has 9 aromatic carbocycles. The van der Waals surface area contributed by atoms with Crippen LogP contribution in [0.2, 0.25) is 0 Å². The van der Waals surface area contributed by atoms with Gasteiger partial charge >= 0.3 is 17.1 Å². The first-order chi connectivity index (χ1) is 47.2. The molecule has 8 bridgehead atoms. The van der Waals surface area contributed by atoms with Gasteiger partial charge in [-0.2, -0.15) is 0 Å². The van der Waals surface area contributed by atoms with Crippen LogP contribution in [-0.2, 0) is 17.1 Å². The molecule has 0 N–H and O–H groups in total. The van der Waals surface area contributed by atoms with Gasteiger partial charge in [0, 0.05) is 82.6 Å². The van der Waals surface area contributed by atoms with Crippen molar-refractivity contribution in [2.75, 3.05) is 39.6 Å². The van der Waals surface area contributed by atoms with Gasteiger partial charge in [-0.15, -0.1) is 0 Å². The van der Waals surface area contributed by atoms with E-state index in [1.54, 1.807) is 0 Å². The van der Waals surface area contributed by atoms with E-state index >= 15 is 0 Å². The van der Waals surface area contributed by atoms with Crippen molar-refractivity contribution in [2.24, 2.45) is 0 Å². The molecule has 2 aliphatic rings. The van der Waals surface area contributed by atoms with E-state index in [0.717, 1.165) is 158 Å². The summed E-state index contributed by atoms with van der Waals surface area (Å²) < 4.78 is 43.0. The summed E-state index contributed by atoms with van der Waals surface area (Å²) in [5.41, 5.74) is 6.53. The number of pyridine rings is 1. The minimum Gasteiger partial charge on any atom is -0.492 e. The normalized spacial score (nSPS) is 12.0. The number of fused-ring (bicyclic) bond motifs is 26. The minimum absolute atomic E-state index is 0. The van der Waals surface area contributed by atoms with Crippen LogP contribution < -0.4 is 38.4 Å². The molecule has 0 saturated heterocycles. The van der Waals surface area contributed by atoms with E-state index in [4.69, 9.17) is 73.3 Å². The first-order valence-corrected chi connectivity index (χ1v) is 34.8. The Balaban J connectivity index is 0.00000807. The molecule has 13 aromatic rings. The van der Waals surface area contributed by atoms with Gasteiger partial charge < -0.3 is 58.3 Å². The largest absolute Gasteiger partial charge is 2.00 e. The second kappa shape index (κ2) is 27.8. The van der Waals surface area contributed by atoms with E-state index in [1.807, 2.05) is 24.4 Å². The molecule has 15 nitrogen and oxygen atoms in total. The van der Waals surface area contributed by atoms with Crippen molar-refractivity contribution in [2.45, 2.75) is 132 Å². The molecule has 16 heteroatoms. The van der Waals surface area contributed by atoms with Crippen LogP contribution >= 0.6 is 0 Å². The van der Waals surface area contributed by atoms with E-state index in [2.05, 4.69) is 146 Å². The Morgan fingerprint density at radius 1 is 0.309 bits per heavy atom. The van der Waals surface area contributed by atoms with Crippen LogP contribution in [0.1, 0.15) is 130 Å². The molecule has 0 aliphatic carbocycles. The zero-order chi connectivity index (χ0) is 65.6. The molecule has 0 saturated carbocycles. The van der Waals surface area contributed by atoms with Crippen LogP contribution in [0.5, 0.6) is 34.5 Å². The number of benzene rings is 9. The summed E-state index contributed by atoms with van der Waals surface area (Å²) in [5, 5.41) is 13.3. The van der Waals surface area contributed by atoms with Crippen molar-refractivity contribution >= 4 is 109 Å². The van der Waals surface area contributed by atoms with E-state index in [1.165, 1.54) is 0 Å². The molecule has 4 aromatic heterocycles. The Bertz CT molecular complexity index is 5420. The summed E-state index contributed by atoms with van der Waals surface area (Å²) in [6.07, 6.45) is 12.2. The van der Waals surface area contributed by atoms with Gasteiger partial charge in [-0.3, -0.25) is 4.98 Å². The van der Waals surface area contributed by atoms with Crippen LogP contribution in [0, 0.1) is 13.8 Å². The Hall–Kier alpha value is -9.63. The first kappa shape index (κ1) is 64.7. The van der Waals surface area contributed by atoms with Gasteiger partial charge in [0.25, 0.3) is 0 Å². The van der Waals surface area contributed by atoms with Crippen LogP contribution in [0.15, 0.2) is 115 Å². The number of hydrogen-bond acceptors (Lipinski definition) is 13. The zero-order valence-electron chi connectivity index (χ0n) is 56.5. The molecule has 0 amide bonds. The maximum absolute atomic E-state index is 7.25. The van der Waals surface area contributed by atoms with Crippen LogP contribution in [0.25, 0.3) is 154 Å². The molecule has 6 heterocycles. The predicted octanol–water partition coefficient (Wildman–Crippen LogP) is 20.1. The second-order valence-corrected chi connectivity index (χ2v) is 25.4. The molecule has 495 valence electrons. The summed E-state index contributed by atoms with van der Waals surface area (Å²) in [6, 6.07) is 38.1. The summed E-state index contributed by atoms with van der Waals surface area (Å²) in [7, 11) is 0. The summed E-state index contributed by atoms with van der Waals surface area (Å²) in [6.45, 7) is 19.9. The molecule has 97 heavy (non-hydrogen) atoms. The Labute approximate surface area is 574 Å². The summed E-state index contributed by atoms with van der Waals surface area (Å²) >= 11 is 0. The van der Waals surface area contributed by atoms with Crippen LogP contribution in [0.4, 0.5) is 0 Å². The fraction of sp³-hybridized carbons (Fsp3) is 0.321. The van der Waals surface area contributed by atoms with E-state index in [9.17, 15) is 0 Å². The van der Waals surface area contributed by atoms with Gasteiger partial charge in [-0.25, -0.2) is 9.97 Å². The van der Waals surface area contributed by atoms with Crippen molar-refractivity contribution in [3.05, 3.63) is 127 Å². The quantitative estimate of drug-likeness (QED) is 0.0317. The number of nitrogens with zero attached hydrogens (tertiary/aromatic N) is 9. The Morgan fingerprint density at radius 3 is 0.990 bits per heavy atom. The number of aromatic nitrogens is 9. The molecule has 0 atom stereocenters. The van der Waals surface area contributed by atoms with Gasteiger partial charge in [0.15, 0.2) is 0 Å². The smallest absolute Gasteiger partial charge is 0.492 e. The number of rotatable bonds is 24. The van der Waals surface area contributed by atoms with Crippen molar-refractivity contribution in [1.29, 1.82) is 0 Å². The Morgan fingerprint density at radius 2 is 0.608 bits per heavy atom. The molecule has 1 radical (unpaired) electrons. The van der Waals surface area contributed by atoms with Gasteiger partial charge in [-0.1, -0.05) is 153 Å². The van der Waals surface area contributed by atoms with Crippen molar-refractivity contribution in [3.63, 3.8) is 0 Å². The number of hydrogen-bond donors (Lipinski definition) is 0. The third-order valence-corrected chi connectivity index (χ3v) is 18.8. The van der Waals surface area contributed by atoms with Gasteiger partial charge in [0.05, 0.1) is 90.7 Å². The van der Waals surface area contributed by atoms with Crippen LogP contribution in [0.3, 0.4) is 0 Å². The first-order valence-electron chi connectivity index (χ1n) is 34.8. The molecule has 15 rings (SSSR count). The SMILES string of the molecule is CCCCOc1c2c(c(OCCCC)c3ccccc13)-c1nc-2nc2[n-]c(nc3nc(nc4[n-]c(n1)c1c(C)c5ncccc5c(OCCCC)c41)-c1c-3c(OCCCC)c3cc4ccccc4cc3c1OCCCC)c1c(OCCCC)c3cc4ccccc4cc3c(C)c21.[Cu+2]. The maximum atomic E-state index is 7.25. The average Bonchev–Trinajstić information content (AvgIpc) is 1.65. The predicted molar refractivity (Wildman–Crippen MR) is 389 cm³/mol. The third kappa shape index (κ3) is 11.4.